The highest BCUT2D eigenvalue weighted by Crippen LogP contribution is 2.37. The first-order valence-corrected chi connectivity index (χ1v) is 13.4. The first kappa shape index (κ1) is 25.9. The van der Waals surface area contributed by atoms with E-state index in [4.69, 9.17) is 4.74 Å². The van der Waals surface area contributed by atoms with Gasteiger partial charge in [-0.1, -0.05) is 12.7 Å². The number of nitrogens with zero attached hydrogens (tertiary/aromatic N) is 4. The molecule has 0 spiro atoms. The molecule has 3 saturated heterocycles. The molecule has 4 aliphatic rings. The predicted molar refractivity (Wildman–Crippen MR) is 137 cm³/mol. The Labute approximate surface area is 210 Å². The summed E-state index contributed by atoms with van der Waals surface area (Å²) in [6, 6.07) is 0. The van der Waals surface area contributed by atoms with E-state index in [-0.39, 0.29) is 11.8 Å². The quantitative estimate of drug-likeness (QED) is 0.355. The zero-order valence-corrected chi connectivity index (χ0v) is 21.4. The molecule has 4 rings (SSSR count). The van der Waals surface area contributed by atoms with E-state index in [9.17, 15) is 9.59 Å². The molecule has 0 bridgehead atoms. The summed E-state index contributed by atoms with van der Waals surface area (Å²) < 4.78 is 5.22. The predicted octanol–water partition coefficient (Wildman–Crippen LogP) is 2.02. The number of hydrazine groups is 1. The first-order chi connectivity index (χ1) is 17.1. The van der Waals surface area contributed by atoms with Crippen LogP contribution in [0, 0.1) is 11.8 Å². The van der Waals surface area contributed by atoms with Gasteiger partial charge in [0.1, 0.15) is 6.29 Å². The summed E-state index contributed by atoms with van der Waals surface area (Å²) in [6.07, 6.45) is 10.5. The molecule has 1 atom stereocenters. The summed E-state index contributed by atoms with van der Waals surface area (Å²) in [5.41, 5.74) is 6.61. The number of hydrogen-bond acceptors (Lipinski definition) is 7. The van der Waals surface area contributed by atoms with Crippen molar-refractivity contribution in [3.8, 4) is 0 Å². The Bertz CT molecular complexity index is 810. The van der Waals surface area contributed by atoms with Crippen LogP contribution in [0.15, 0.2) is 35.7 Å². The molecule has 1 unspecified atom stereocenters. The average molecular weight is 486 g/mol. The third kappa shape index (κ3) is 6.96. The van der Waals surface area contributed by atoms with E-state index in [1.165, 1.54) is 43.7 Å². The molecule has 1 aliphatic carbocycles. The molecule has 3 fully saturated rings. The lowest BCUT2D eigenvalue weighted by molar-refractivity contribution is -0.124. The van der Waals surface area contributed by atoms with Crippen LogP contribution in [-0.2, 0) is 14.3 Å². The van der Waals surface area contributed by atoms with Crippen LogP contribution in [0.25, 0.3) is 0 Å². The topological polar surface area (TPSA) is 68.4 Å². The standard InChI is InChI=1S/C27H43N5O3/c1-22-26-7-6-25(19-24(26)21-32(22)28-27(34)5-3-4-17-33)31-14-12-30(13-15-31)20-23-8-10-29(11-9-23)16-18-35-2/h6,17,19,23,26H,1,3-5,7-16,18,20-21H2,2H3,(H,28,34). The van der Waals surface area contributed by atoms with E-state index in [0.29, 0.717) is 25.8 Å². The van der Waals surface area contributed by atoms with Gasteiger partial charge in [0.15, 0.2) is 0 Å². The highest BCUT2D eigenvalue weighted by molar-refractivity contribution is 5.76. The van der Waals surface area contributed by atoms with Crippen LogP contribution < -0.4 is 5.43 Å². The van der Waals surface area contributed by atoms with Crippen molar-refractivity contribution in [3.63, 3.8) is 0 Å². The van der Waals surface area contributed by atoms with Gasteiger partial charge in [0.2, 0.25) is 5.91 Å². The van der Waals surface area contributed by atoms with Gasteiger partial charge in [0.05, 0.1) is 13.2 Å². The maximum Gasteiger partial charge on any atom is 0.238 e. The number of likely N-dealkylation sites (tertiary alicyclic amines) is 1. The fourth-order valence-electron chi connectivity index (χ4n) is 5.77. The van der Waals surface area contributed by atoms with Crippen LogP contribution in [0.2, 0.25) is 0 Å². The van der Waals surface area contributed by atoms with E-state index in [1.54, 1.807) is 7.11 Å². The minimum absolute atomic E-state index is 0.0443. The SMILES string of the molecule is C=C1C2CC=C(N3CCN(CC4CCN(CCOC)CC4)CC3)C=C2CN1NC(=O)CCCC=O. The van der Waals surface area contributed by atoms with Crippen LogP contribution in [0.3, 0.4) is 0 Å². The van der Waals surface area contributed by atoms with Crippen molar-refractivity contribution in [2.75, 3.05) is 72.6 Å². The third-order valence-corrected chi connectivity index (χ3v) is 7.99. The summed E-state index contributed by atoms with van der Waals surface area (Å²) >= 11 is 0. The molecule has 194 valence electrons. The zero-order chi connectivity index (χ0) is 24.6. The normalized spacial score (nSPS) is 24.3. The molecule has 8 heteroatoms. The second-order valence-electron chi connectivity index (χ2n) is 10.4. The molecule has 1 amide bonds. The van der Waals surface area contributed by atoms with Crippen LogP contribution >= 0.6 is 0 Å². The minimum Gasteiger partial charge on any atom is -0.383 e. The van der Waals surface area contributed by atoms with Crippen LogP contribution in [-0.4, -0.2) is 105 Å². The number of piperazine rings is 1. The Hall–Kier alpha value is -2.16. The molecule has 3 heterocycles. The average Bonchev–Trinajstić information content (AvgIpc) is 3.18. The zero-order valence-electron chi connectivity index (χ0n) is 21.4. The summed E-state index contributed by atoms with van der Waals surface area (Å²) in [6.45, 7) is 14.9. The molecule has 35 heavy (non-hydrogen) atoms. The molecule has 0 radical (unpaired) electrons. The van der Waals surface area contributed by atoms with Gasteiger partial charge in [-0.05, 0) is 56.3 Å². The van der Waals surface area contributed by atoms with E-state index in [2.05, 4.69) is 38.9 Å². The van der Waals surface area contributed by atoms with Crippen molar-refractivity contribution in [1.82, 2.24) is 25.1 Å². The van der Waals surface area contributed by atoms with Gasteiger partial charge >= 0.3 is 0 Å². The number of carbonyl (C=O) groups is 2. The van der Waals surface area contributed by atoms with E-state index in [0.717, 1.165) is 63.7 Å². The van der Waals surface area contributed by atoms with Crippen LogP contribution in [0.1, 0.15) is 38.5 Å². The monoisotopic (exact) mass is 485 g/mol. The summed E-state index contributed by atoms with van der Waals surface area (Å²) in [5.74, 6) is 1.06. The van der Waals surface area contributed by atoms with Gasteiger partial charge in [-0.15, -0.1) is 0 Å². The molecule has 0 aromatic carbocycles. The second-order valence-corrected chi connectivity index (χ2v) is 10.4. The number of hydrogen-bond donors (Lipinski definition) is 1. The van der Waals surface area contributed by atoms with Crippen LogP contribution in [0.5, 0.6) is 0 Å². The van der Waals surface area contributed by atoms with Crippen molar-refractivity contribution < 1.29 is 14.3 Å². The molecule has 0 saturated carbocycles. The molecular formula is C27H43N5O3. The molecule has 0 aromatic rings. The Morgan fingerprint density at radius 2 is 1.94 bits per heavy atom. The molecular weight excluding hydrogens is 442 g/mol. The van der Waals surface area contributed by atoms with Gasteiger partial charge in [-0.2, -0.15) is 0 Å². The number of unbranched alkanes of at least 4 members (excludes halogenated alkanes) is 1. The number of piperidine rings is 1. The molecule has 8 nitrogen and oxygen atoms in total. The smallest absolute Gasteiger partial charge is 0.238 e. The Kier molecular flexibility index (Phi) is 9.40. The number of fused-ring (bicyclic) bond motifs is 1. The molecule has 1 N–H and O–H groups in total. The second kappa shape index (κ2) is 12.7. The van der Waals surface area contributed by atoms with Crippen molar-refractivity contribution in [1.29, 1.82) is 0 Å². The Morgan fingerprint density at radius 3 is 2.66 bits per heavy atom. The molecule has 0 aromatic heterocycles. The number of aldehydes is 1. The van der Waals surface area contributed by atoms with E-state index < -0.39 is 0 Å². The van der Waals surface area contributed by atoms with Crippen molar-refractivity contribution in [2.24, 2.45) is 11.8 Å². The van der Waals surface area contributed by atoms with Gasteiger partial charge in [-0.25, -0.2) is 0 Å². The number of carbonyl (C=O) groups excluding carboxylic acids is 2. The van der Waals surface area contributed by atoms with Gasteiger partial charge < -0.3 is 19.3 Å². The van der Waals surface area contributed by atoms with Crippen molar-refractivity contribution in [3.05, 3.63) is 35.7 Å². The summed E-state index contributed by atoms with van der Waals surface area (Å²) in [7, 11) is 1.78. The number of allylic oxidation sites excluding steroid dienone is 3. The van der Waals surface area contributed by atoms with E-state index in [1.807, 2.05) is 5.01 Å². The lowest BCUT2D eigenvalue weighted by Crippen LogP contribution is -2.48. The van der Waals surface area contributed by atoms with E-state index >= 15 is 0 Å². The maximum absolute atomic E-state index is 12.2. The lowest BCUT2D eigenvalue weighted by Gasteiger charge is -2.40. The van der Waals surface area contributed by atoms with Crippen LogP contribution in [0.4, 0.5) is 0 Å². The third-order valence-electron chi connectivity index (χ3n) is 7.99. The Morgan fingerprint density at radius 1 is 1.17 bits per heavy atom. The fraction of sp³-hybridized carbons (Fsp3) is 0.704. The summed E-state index contributed by atoms with van der Waals surface area (Å²) in [4.78, 5) is 30.4. The maximum atomic E-state index is 12.2. The van der Waals surface area contributed by atoms with Crippen molar-refractivity contribution >= 4 is 12.2 Å². The highest BCUT2D eigenvalue weighted by Gasteiger charge is 2.34. The number of methoxy groups -OCH3 is 1. The molecule has 3 aliphatic heterocycles. The van der Waals surface area contributed by atoms with Gasteiger partial charge in [0, 0.05) is 76.5 Å². The summed E-state index contributed by atoms with van der Waals surface area (Å²) in [5, 5.41) is 1.90. The minimum atomic E-state index is -0.0443. The van der Waals surface area contributed by atoms with Gasteiger partial charge in [-0.3, -0.25) is 20.1 Å². The number of amides is 1. The van der Waals surface area contributed by atoms with Gasteiger partial charge in [0.25, 0.3) is 0 Å². The lowest BCUT2D eigenvalue weighted by atomic mass is 9.91. The highest BCUT2D eigenvalue weighted by atomic mass is 16.5. The Balaban J connectivity index is 1.20. The number of nitrogens with one attached hydrogen (secondary N) is 1. The fourth-order valence-corrected chi connectivity index (χ4v) is 5.77. The largest absolute Gasteiger partial charge is 0.383 e. The number of ether oxygens (including phenoxy) is 1. The number of rotatable bonds is 11. The first-order valence-electron chi connectivity index (χ1n) is 13.4. The van der Waals surface area contributed by atoms with Crippen molar-refractivity contribution in [2.45, 2.75) is 38.5 Å².